The monoisotopic (exact) mass is 390 g/mol. The fourth-order valence-corrected chi connectivity index (χ4v) is 3.94. The molecule has 0 atom stereocenters. The highest BCUT2D eigenvalue weighted by molar-refractivity contribution is 7.89. The minimum absolute atomic E-state index is 0.130. The van der Waals surface area contributed by atoms with Gasteiger partial charge in [0.25, 0.3) is 0 Å². The second kappa shape index (κ2) is 9.53. The summed E-state index contributed by atoms with van der Waals surface area (Å²) >= 11 is 0. The Balaban J connectivity index is 1.80. The first-order valence-electron chi connectivity index (χ1n) is 8.87. The summed E-state index contributed by atoms with van der Waals surface area (Å²) < 4.78 is 32.7. The van der Waals surface area contributed by atoms with Crippen molar-refractivity contribution in [3.05, 3.63) is 59.2 Å². The van der Waals surface area contributed by atoms with Crippen molar-refractivity contribution in [2.45, 2.75) is 32.1 Å². The largest absolute Gasteiger partial charge is 0.494 e. The molecule has 1 amide bonds. The number of hydrogen-bond donors (Lipinski definition) is 2. The molecule has 0 spiro atoms. The highest BCUT2D eigenvalue weighted by Crippen LogP contribution is 2.16. The maximum atomic E-state index is 12.4. The first-order chi connectivity index (χ1) is 12.8. The molecule has 0 bridgehead atoms. The summed E-state index contributed by atoms with van der Waals surface area (Å²) in [7, 11) is -3.60. The number of amides is 1. The molecule has 2 N–H and O–H groups in total. The van der Waals surface area contributed by atoms with Crippen LogP contribution in [0.4, 0.5) is 0 Å². The molecule has 27 heavy (non-hydrogen) atoms. The average Bonchev–Trinajstić information content (AvgIpc) is 2.62. The van der Waals surface area contributed by atoms with E-state index in [-0.39, 0.29) is 30.3 Å². The van der Waals surface area contributed by atoms with E-state index in [1.54, 1.807) is 19.1 Å². The Morgan fingerprint density at radius 1 is 1.04 bits per heavy atom. The molecule has 0 fully saturated rings. The molecule has 7 heteroatoms. The standard InChI is InChI=1S/C20H26N2O4S/c1-4-26-18-9-7-17(8-10-18)14-20(23)21-11-12-22-27(24,25)19-13-15(2)5-6-16(19)3/h5-10,13,22H,4,11-12,14H2,1-3H3,(H,21,23). The fourth-order valence-electron chi connectivity index (χ4n) is 2.58. The normalized spacial score (nSPS) is 11.2. The summed E-state index contributed by atoms with van der Waals surface area (Å²) in [4.78, 5) is 12.3. The number of aryl methyl sites for hydroxylation is 2. The number of ether oxygens (including phenoxy) is 1. The summed E-state index contributed by atoms with van der Waals surface area (Å²) in [5, 5.41) is 2.72. The number of nitrogens with one attached hydrogen (secondary N) is 2. The molecular formula is C20H26N2O4S. The predicted octanol–water partition coefficient (Wildman–Crippen LogP) is 2.34. The van der Waals surface area contributed by atoms with Crippen LogP contribution in [0.5, 0.6) is 5.75 Å². The molecule has 2 aromatic rings. The average molecular weight is 391 g/mol. The lowest BCUT2D eigenvalue weighted by Gasteiger charge is -2.11. The van der Waals surface area contributed by atoms with Crippen molar-refractivity contribution in [3.8, 4) is 5.75 Å². The quantitative estimate of drug-likeness (QED) is 0.644. The lowest BCUT2D eigenvalue weighted by atomic mass is 10.1. The van der Waals surface area contributed by atoms with Crippen LogP contribution < -0.4 is 14.8 Å². The maximum Gasteiger partial charge on any atom is 0.240 e. The molecule has 0 radical (unpaired) electrons. The van der Waals surface area contributed by atoms with Crippen molar-refractivity contribution in [2.75, 3.05) is 19.7 Å². The van der Waals surface area contributed by atoms with Gasteiger partial charge in [-0.2, -0.15) is 0 Å². The lowest BCUT2D eigenvalue weighted by molar-refractivity contribution is -0.120. The zero-order valence-corrected chi connectivity index (χ0v) is 16.7. The highest BCUT2D eigenvalue weighted by Gasteiger charge is 2.16. The van der Waals surface area contributed by atoms with E-state index in [1.807, 2.05) is 44.2 Å². The van der Waals surface area contributed by atoms with Gasteiger partial charge in [0.1, 0.15) is 5.75 Å². The third kappa shape index (κ3) is 6.37. The Morgan fingerprint density at radius 3 is 2.41 bits per heavy atom. The predicted molar refractivity (Wildman–Crippen MR) is 105 cm³/mol. The Bertz CT molecular complexity index is 877. The van der Waals surface area contributed by atoms with Crippen LogP contribution in [0.25, 0.3) is 0 Å². The van der Waals surface area contributed by atoms with Crippen molar-refractivity contribution in [1.29, 1.82) is 0 Å². The third-order valence-electron chi connectivity index (χ3n) is 3.97. The van der Waals surface area contributed by atoms with Crippen LogP contribution in [0.3, 0.4) is 0 Å². The van der Waals surface area contributed by atoms with E-state index in [4.69, 9.17) is 4.74 Å². The summed E-state index contributed by atoms with van der Waals surface area (Å²) in [6.45, 7) is 6.46. The van der Waals surface area contributed by atoms with Gasteiger partial charge in [-0.15, -0.1) is 0 Å². The Hall–Kier alpha value is -2.38. The van der Waals surface area contributed by atoms with Gasteiger partial charge in [0, 0.05) is 13.1 Å². The number of rotatable bonds is 9. The first kappa shape index (κ1) is 20.9. The zero-order valence-electron chi connectivity index (χ0n) is 15.9. The third-order valence-corrected chi connectivity index (χ3v) is 5.57. The van der Waals surface area contributed by atoms with Crippen molar-refractivity contribution < 1.29 is 17.9 Å². The van der Waals surface area contributed by atoms with Gasteiger partial charge < -0.3 is 10.1 Å². The maximum absolute atomic E-state index is 12.4. The van der Waals surface area contributed by atoms with Crippen LogP contribution >= 0.6 is 0 Å². The molecule has 0 saturated heterocycles. The molecule has 0 unspecified atom stereocenters. The van der Waals surface area contributed by atoms with Crippen molar-refractivity contribution in [2.24, 2.45) is 0 Å². The van der Waals surface area contributed by atoms with E-state index in [1.165, 1.54) is 0 Å². The molecule has 2 rings (SSSR count). The zero-order chi connectivity index (χ0) is 19.9. The number of benzene rings is 2. The Kier molecular flexibility index (Phi) is 7.38. The van der Waals surface area contributed by atoms with Gasteiger partial charge in [-0.3, -0.25) is 4.79 Å². The van der Waals surface area contributed by atoms with E-state index < -0.39 is 10.0 Å². The van der Waals surface area contributed by atoms with Gasteiger partial charge in [0.2, 0.25) is 15.9 Å². The van der Waals surface area contributed by atoms with Crippen molar-refractivity contribution in [3.63, 3.8) is 0 Å². The topological polar surface area (TPSA) is 84.5 Å². The van der Waals surface area contributed by atoms with Crippen LogP contribution in [0.1, 0.15) is 23.6 Å². The van der Waals surface area contributed by atoms with E-state index >= 15 is 0 Å². The molecule has 6 nitrogen and oxygen atoms in total. The van der Waals surface area contributed by atoms with E-state index in [0.29, 0.717) is 12.2 Å². The Labute approximate surface area is 161 Å². The van der Waals surface area contributed by atoms with Crippen LogP contribution in [0.2, 0.25) is 0 Å². The van der Waals surface area contributed by atoms with Gasteiger partial charge in [-0.1, -0.05) is 24.3 Å². The SMILES string of the molecule is CCOc1ccc(CC(=O)NCCNS(=O)(=O)c2cc(C)ccc2C)cc1. The van der Waals surface area contributed by atoms with Crippen LogP contribution in [0, 0.1) is 13.8 Å². The van der Waals surface area contributed by atoms with Gasteiger partial charge in [-0.05, 0) is 55.7 Å². The molecule has 146 valence electrons. The van der Waals surface area contributed by atoms with Gasteiger partial charge in [0.05, 0.1) is 17.9 Å². The molecule has 0 saturated carbocycles. The summed E-state index contributed by atoms with van der Waals surface area (Å²) in [5.74, 6) is 0.604. The molecule has 0 aliphatic heterocycles. The number of sulfonamides is 1. The van der Waals surface area contributed by atoms with E-state index in [0.717, 1.165) is 16.9 Å². The summed E-state index contributed by atoms with van der Waals surface area (Å²) in [5.41, 5.74) is 2.43. The molecule has 0 heterocycles. The molecule has 2 aromatic carbocycles. The summed E-state index contributed by atoms with van der Waals surface area (Å²) in [6, 6.07) is 12.6. The lowest BCUT2D eigenvalue weighted by Crippen LogP contribution is -2.35. The van der Waals surface area contributed by atoms with E-state index in [9.17, 15) is 13.2 Å². The number of hydrogen-bond acceptors (Lipinski definition) is 4. The van der Waals surface area contributed by atoms with Gasteiger partial charge in [0.15, 0.2) is 0 Å². The molecule has 0 aliphatic rings. The van der Waals surface area contributed by atoms with E-state index in [2.05, 4.69) is 10.0 Å². The molecule has 0 aliphatic carbocycles. The minimum Gasteiger partial charge on any atom is -0.494 e. The second-order valence-corrected chi connectivity index (χ2v) is 8.01. The smallest absolute Gasteiger partial charge is 0.240 e. The van der Waals surface area contributed by atoms with Gasteiger partial charge in [-0.25, -0.2) is 13.1 Å². The first-order valence-corrected chi connectivity index (χ1v) is 10.4. The minimum atomic E-state index is -3.60. The van der Waals surface area contributed by atoms with Gasteiger partial charge >= 0.3 is 0 Å². The van der Waals surface area contributed by atoms with Crippen LogP contribution in [-0.4, -0.2) is 34.0 Å². The molecular weight excluding hydrogens is 364 g/mol. The number of carbonyl (C=O) groups excluding carboxylic acids is 1. The second-order valence-electron chi connectivity index (χ2n) is 6.27. The summed E-state index contributed by atoms with van der Waals surface area (Å²) in [6.07, 6.45) is 0.232. The highest BCUT2D eigenvalue weighted by atomic mass is 32.2. The fraction of sp³-hybridized carbons (Fsp3) is 0.350. The van der Waals surface area contributed by atoms with Crippen LogP contribution in [-0.2, 0) is 21.2 Å². The van der Waals surface area contributed by atoms with Crippen LogP contribution in [0.15, 0.2) is 47.4 Å². The number of carbonyl (C=O) groups is 1. The Morgan fingerprint density at radius 2 is 1.74 bits per heavy atom. The molecule has 0 aromatic heterocycles. The van der Waals surface area contributed by atoms with Crippen molar-refractivity contribution in [1.82, 2.24) is 10.0 Å². The van der Waals surface area contributed by atoms with Crippen molar-refractivity contribution >= 4 is 15.9 Å².